The average molecular weight is 515 g/mol. The lowest BCUT2D eigenvalue weighted by atomic mass is 9.94. The van der Waals surface area contributed by atoms with Crippen LogP contribution in [0.3, 0.4) is 0 Å². The molecule has 0 aromatic rings. The molecule has 0 saturated carbocycles. The maximum Gasteiger partial charge on any atom is 0.326 e. The summed E-state index contributed by atoms with van der Waals surface area (Å²) in [6.07, 6.45) is 4.28. The van der Waals surface area contributed by atoms with Crippen molar-refractivity contribution in [3.8, 4) is 0 Å². The second kappa shape index (κ2) is 12.4. The molecule has 0 aromatic heterocycles. The number of alkyl halides is 1. The molecule has 6 unspecified atom stereocenters. The van der Waals surface area contributed by atoms with E-state index in [2.05, 4.69) is 10.6 Å². The number of carboxylic acid groups (broad SMARTS) is 1. The summed E-state index contributed by atoms with van der Waals surface area (Å²) >= 11 is 6.05. The minimum Gasteiger partial charge on any atom is -0.480 e. The molecule has 3 aliphatic heterocycles. The van der Waals surface area contributed by atoms with Gasteiger partial charge >= 0.3 is 5.97 Å². The number of rotatable bonds is 8. The van der Waals surface area contributed by atoms with Crippen molar-refractivity contribution in [2.45, 2.75) is 95.1 Å². The largest absolute Gasteiger partial charge is 0.480 e. The Hall–Kier alpha value is -1.91. The zero-order chi connectivity index (χ0) is 25.7. The van der Waals surface area contributed by atoms with E-state index in [1.807, 2.05) is 13.8 Å². The van der Waals surface area contributed by atoms with E-state index < -0.39 is 30.1 Å². The summed E-state index contributed by atoms with van der Waals surface area (Å²) in [6.45, 7) is 4.52. The number of aliphatic carboxylic acids is 1. The van der Waals surface area contributed by atoms with Crippen molar-refractivity contribution in [1.29, 1.82) is 0 Å². The third-order valence-electron chi connectivity index (χ3n) is 7.51. The van der Waals surface area contributed by atoms with E-state index in [1.54, 1.807) is 12.0 Å². The highest BCUT2D eigenvalue weighted by Crippen LogP contribution is 2.26. The molecule has 3 heterocycles. The molecule has 0 spiro atoms. The molecule has 3 N–H and O–H groups in total. The van der Waals surface area contributed by atoms with Gasteiger partial charge in [0.2, 0.25) is 17.7 Å². The van der Waals surface area contributed by atoms with Crippen molar-refractivity contribution in [1.82, 2.24) is 20.4 Å². The van der Waals surface area contributed by atoms with Crippen LogP contribution in [0.1, 0.15) is 58.8 Å². The highest BCUT2D eigenvalue weighted by atomic mass is 35.5. The average Bonchev–Trinajstić information content (AvgIpc) is 3.36. The molecule has 198 valence electrons. The van der Waals surface area contributed by atoms with Crippen LogP contribution >= 0.6 is 11.6 Å². The van der Waals surface area contributed by atoms with E-state index in [0.717, 1.165) is 12.8 Å². The Balaban J connectivity index is 1.71. The van der Waals surface area contributed by atoms with Gasteiger partial charge in [0, 0.05) is 32.1 Å². The van der Waals surface area contributed by atoms with Crippen molar-refractivity contribution >= 4 is 35.3 Å². The minimum atomic E-state index is -1.01. The van der Waals surface area contributed by atoms with Crippen LogP contribution in [0.4, 0.5) is 0 Å². The number of methoxy groups -OCH3 is 1. The summed E-state index contributed by atoms with van der Waals surface area (Å²) < 4.78 is 5.45. The smallest absolute Gasteiger partial charge is 0.326 e. The van der Waals surface area contributed by atoms with E-state index in [0.29, 0.717) is 51.1 Å². The number of nitrogens with zero attached hydrogens (tertiary/aromatic N) is 2. The molecular weight excluding hydrogens is 476 g/mol. The van der Waals surface area contributed by atoms with Gasteiger partial charge in [0.15, 0.2) is 0 Å². The van der Waals surface area contributed by atoms with E-state index in [-0.39, 0.29) is 35.8 Å². The van der Waals surface area contributed by atoms with E-state index in [1.165, 1.54) is 4.90 Å². The Morgan fingerprint density at radius 2 is 1.71 bits per heavy atom. The van der Waals surface area contributed by atoms with Crippen molar-refractivity contribution in [3.63, 3.8) is 0 Å². The molecule has 0 aliphatic carbocycles. The molecule has 0 radical (unpaired) electrons. The quantitative estimate of drug-likeness (QED) is 0.411. The van der Waals surface area contributed by atoms with Gasteiger partial charge in [-0.3, -0.25) is 19.7 Å². The van der Waals surface area contributed by atoms with E-state index in [9.17, 15) is 24.3 Å². The highest BCUT2D eigenvalue weighted by molar-refractivity contribution is 6.18. The van der Waals surface area contributed by atoms with Gasteiger partial charge in [-0.1, -0.05) is 13.8 Å². The predicted octanol–water partition coefficient (Wildman–Crippen LogP) is 0.958. The molecule has 6 atom stereocenters. The third-order valence-corrected chi connectivity index (χ3v) is 7.84. The number of nitrogens with one attached hydrogen (secondary N) is 2. The van der Waals surface area contributed by atoms with E-state index >= 15 is 0 Å². The number of carbonyl (C=O) groups excluding carboxylic acids is 3. The van der Waals surface area contributed by atoms with Crippen LogP contribution < -0.4 is 10.6 Å². The SMILES string of the molecule is COC1CCC(C(=O)NC(C(=O)N2CCCCC2C(=O)N2CCCC2C(=O)O)C(C)C)NC1CCl. The van der Waals surface area contributed by atoms with Crippen LogP contribution in [0.2, 0.25) is 0 Å². The lowest BCUT2D eigenvalue weighted by molar-refractivity contribution is -0.155. The predicted molar refractivity (Wildman–Crippen MR) is 130 cm³/mol. The van der Waals surface area contributed by atoms with Crippen LogP contribution in [0.15, 0.2) is 0 Å². The van der Waals surface area contributed by atoms with Crippen LogP contribution in [-0.4, -0.2) is 101 Å². The number of ether oxygens (including phenoxy) is 1. The van der Waals surface area contributed by atoms with Crippen molar-refractivity contribution < 1.29 is 29.0 Å². The monoisotopic (exact) mass is 514 g/mol. The number of carboxylic acids is 1. The molecule has 3 rings (SSSR count). The Morgan fingerprint density at radius 1 is 1.03 bits per heavy atom. The summed E-state index contributed by atoms with van der Waals surface area (Å²) in [7, 11) is 1.62. The first-order chi connectivity index (χ1) is 16.7. The lowest BCUT2D eigenvalue weighted by Gasteiger charge is -2.40. The summed E-state index contributed by atoms with van der Waals surface area (Å²) in [5.74, 6) is -1.77. The second-order valence-electron chi connectivity index (χ2n) is 10.1. The van der Waals surface area contributed by atoms with Crippen LogP contribution in [0.25, 0.3) is 0 Å². The number of likely N-dealkylation sites (tertiary alicyclic amines) is 2. The molecular formula is C24H39ClN4O6. The van der Waals surface area contributed by atoms with Crippen molar-refractivity contribution in [2.75, 3.05) is 26.1 Å². The van der Waals surface area contributed by atoms with Gasteiger partial charge in [-0.25, -0.2) is 4.79 Å². The van der Waals surface area contributed by atoms with E-state index in [4.69, 9.17) is 16.3 Å². The molecule has 10 nitrogen and oxygen atoms in total. The number of hydrogen-bond acceptors (Lipinski definition) is 6. The number of hydrogen-bond donors (Lipinski definition) is 3. The van der Waals surface area contributed by atoms with Crippen LogP contribution in [-0.2, 0) is 23.9 Å². The Morgan fingerprint density at radius 3 is 2.34 bits per heavy atom. The van der Waals surface area contributed by atoms with Gasteiger partial charge < -0.3 is 25.0 Å². The second-order valence-corrected chi connectivity index (χ2v) is 10.4. The van der Waals surface area contributed by atoms with Gasteiger partial charge in [-0.15, -0.1) is 11.6 Å². The number of piperidine rings is 2. The fraction of sp³-hybridized carbons (Fsp3) is 0.833. The first-order valence-corrected chi connectivity index (χ1v) is 13.2. The molecule has 35 heavy (non-hydrogen) atoms. The molecule has 11 heteroatoms. The Labute approximate surface area is 212 Å². The first-order valence-electron chi connectivity index (χ1n) is 12.7. The third kappa shape index (κ3) is 6.27. The van der Waals surface area contributed by atoms with Gasteiger partial charge in [0.1, 0.15) is 18.1 Å². The summed E-state index contributed by atoms with van der Waals surface area (Å²) in [5, 5.41) is 15.7. The van der Waals surface area contributed by atoms with Gasteiger partial charge in [0.25, 0.3) is 0 Å². The fourth-order valence-electron chi connectivity index (χ4n) is 5.49. The van der Waals surface area contributed by atoms with Crippen molar-refractivity contribution in [3.05, 3.63) is 0 Å². The van der Waals surface area contributed by atoms with Crippen LogP contribution in [0.5, 0.6) is 0 Å². The van der Waals surface area contributed by atoms with Gasteiger partial charge in [-0.2, -0.15) is 0 Å². The normalized spacial score (nSPS) is 30.3. The standard InChI is InChI=1S/C24H39ClN4O6/c1-14(2)20(27-21(30)15-9-10-19(35-3)16(13-25)26-15)23(32)28-11-5-4-7-17(28)22(31)29-12-6-8-18(29)24(33)34/h14-20,26H,4-13H2,1-3H3,(H,27,30)(H,33,34). The van der Waals surface area contributed by atoms with Crippen molar-refractivity contribution in [2.24, 2.45) is 5.92 Å². The first kappa shape index (κ1) is 27.7. The lowest BCUT2D eigenvalue weighted by Crippen LogP contribution is -2.62. The molecule has 3 amide bonds. The Kier molecular flexibility index (Phi) is 9.77. The van der Waals surface area contributed by atoms with Crippen LogP contribution in [0, 0.1) is 5.92 Å². The topological polar surface area (TPSA) is 128 Å². The molecule has 3 saturated heterocycles. The molecule has 0 bridgehead atoms. The highest BCUT2D eigenvalue weighted by Gasteiger charge is 2.43. The number of halogens is 1. The summed E-state index contributed by atoms with van der Waals surface area (Å²) in [4.78, 5) is 54.8. The Bertz CT molecular complexity index is 796. The number of carbonyl (C=O) groups is 4. The molecule has 3 aliphatic rings. The minimum absolute atomic E-state index is 0.0700. The molecule has 3 fully saturated rings. The fourth-order valence-corrected chi connectivity index (χ4v) is 5.78. The summed E-state index contributed by atoms with van der Waals surface area (Å²) in [6, 6.07) is -2.98. The zero-order valence-electron chi connectivity index (χ0n) is 20.9. The van der Waals surface area contributed by atoms with Gasteiger partial charge in [0.05, 0.1) is 12.1 Å². The zero-order valence-corrected chi connectivity index (χ0v) is 21.6. The number of amides is 3. The maximum absolute atomic E-state index is 13.7. The van der Waals surface area contributed by atoms with Gasteiger partial charge in [-0.05, 0) is 50.9 Å². The summed E-state index contributed by atoms with van der Waals surface area (Å²) in [5.41, 5.74) is 0. The maximum atomic E-state index is 13.7. The molecule has 0 aromatic carbocycles.